The van der Waals surface area contributed by atoms with Crippen molar-refractivity contribution in [2.24, 2.45) is 0 Å². The first kappa shape index (κ1) is 12.9. The lowest BCUT2D eigenvalue weighted by Gasteiger charge is -2.25. The molecular weight excluding hydrogens is 311 g/mol. The minimum absolute atomic E-state index is 0.0275. The number of rotatable bonds is 1. The van der Waals surface area contributed by atoms with Gasteiger partial charge in [-0.05, 0) is 49.0 Å². The molecule has 0 saturated heterocycles. The molecule has 1 N–H and O–H groups in total. The van der Waals surface area contributed by atoms with E-state index in [2.05, 4.69) is 25.9 Å². The summed E-state index contributed by atoms with van der Waals surface area (Å²) in [7, 11) is 0. The SMILES string of the molecule is OC1c2nc(C3=CC(F)=CCC3)ncc2CCC1Br. The molecule has 0 aliphatic heterocycles. The van der Waals surface area contributed by atoms with Crippen molar-refractivity contribution < 1.29 is 9.50 Å². The fourth-order valence-electron chi connectivity index (χ4n) is 2.49. The number of fused-ring (bicyclic) bond motifs is 1. The Morgan fingerprint density at radius 3 is 3.00 bits per heavy atom. The van der Waals surface area contributed by atoms with Crippen LogP contribution in [0.15, 0.2) is 24.2 Å². The Bertz CT molecular complexity index is 571. The Morgan fingerprint density at radius 2 is 2.21 bits per heavy atom. The summed E-state index contributed by atoms with van der Waals surface area (Å²) in [5, 5.41) is 10.2. The first-order valence-electron chi connectivity index (χ1n) is 6.39. The van der Waals surface area contributed by atoms with Gasteiger partial charge in [0.2, 0.25) is 0 Å². The van der Waals surface area contributed by atoms with E-state index < -0.39 is 6.10 Å². The highest BCUT2D eigenvalue weighted by Crippen LogP contribution is 2.34. The molecule has 2 unspecified atom stereocenters. The Kier molecular flexibility index (Phi) is 3.50. The van der Waals surface area contributed by atoms with Crippen LogP contribution in [0.3, 0.4) is 0 Å². The van der Waals surface area contributed by atoms with Crippen LogP contribution < -0.4 is 0 Å². The summed E-state index contributed by atoms with van der Waals surface area (Å²) in [6.07, 6.45) is 7.32. The Balaban J connectivity index is 1.99. The number of hydrogen-bond acceptors (Lipinski definition) is 3. The van der Waals surface area contributed by atoms with Crippen LogP contribution in [0, 0.1) is 0 Å². The molecule has 0 saturated carbocycles. The van der Waals surface area contributed by atoms with Gasteiger partial charge in [0.25, 0.3) is 0 Å². The van der Waals surface area contributed by atoms with Gasteiger partial charge in [-0.3, -0.25) is 0 Å². The number of aliphatic hydroxyl groups excluding tert-OH is 1. The maximum absolute atomic E-state index is 13.3. The molecule has 1 aromatic rings. The average molecular weight is 325 g/mol. The summed E-state index contributed by atoms with van der Waals surface area (Å²) < 4.78 is 13.3. The van der Waals surface area contributed by atoms with Gasteiger partial charge in [0.05, 0.1) is 5.69 Å². The smallest absolute Gasteiger partial charge is 0.155 e. The van der Waals surface area contributed by atoms with Crippen LogP contribution in [0.25, 0.3) is 5.57 Å². The highest BCUT2D eigenvalue weighted by atomic mass is 79.9. The maximum Gasteiger partial charge on any atom is 0.155 e. The van der Waals surface area contributed by atoms with Crippen molar-refractivity contribution in [3.05, 3.63) is 41.3 Å². The molecule has 0 fully saturated rings. The van der Waals surface area contributed by atoms with Gasteiger partial charge in [0.1, 0.15) is 11.9 Å². The molecule has 0 amide bonds. The quantitative estimate of drug-likeness (QED) is 0.806. The van der Waals surface area contributed by atoms with Gasteiger partial charge in [0, 0.05) is 11.0 Å². The summed E-state index contributed by atoms with van der Waals surface area (Å²) in [5.74, 6) is 0.295. The van der Waals surface area contributed by atoms with Crippen LogP contribution >= 0.6 is 15.9 Å². The Morgan fingerprint density at radius 1 is 1.37 bits per heavy atom. The fraction of sp³-hybridized carbons (Fsp3) is 0.429. The summed E-state index contributed by atoms with van der Waals surface area (Å²) >= 11 is 3.46. The van der Waals surface area contributed by atoms with Crippen molar-refractivity contribution in [3.63, 3.8) is 0 Å². The molecule has 3 nitrogen and oxygen atoms in total. The number of alkyl halides is 1. The van der Waals surface area contributed by atoms with E-state index in [1.165, 1.54) is 6.08 Å². The van der Waals surface area contributed by atoms with E-state index in [-0.39, 0.29) is 10.7 Å². The second-order valence-electron chi connectivity index (χ2n) is 4.90. The molecule has 2 atom stereocenters. The minimum Gasteiger partial charge on any atom is -0.386 e. The van der Waals surface area contributed by atoms with E-state index in [1.807, 2.05) is 0 Å². The van der Waals surface area contributed by atoms with Crippen LogP contribution in [-0.2, 0) is 6.42 Å². The normalized spacial score (nSPS) is 26.5. The monoisotopic (exact) mass is 324 g/mol. The Labute approximate surface area is 119 Å². The van der Waals surface area contributed by atoms with Crippen LogP contribution in [0.2, 0.25) is 0 Å². The van der Waals surface area contributed by atoms with E-state index in [0.717, 1.165) is 30.4 Å². The maximum atomic E-state index is 13.3. The third-order valence-electron chi connectivity index (χ3n) is 3.56. The molecular formula is C14H14BrFN2O. The van der Waals surface area contributed by atoms with E-state index >= 15 is 0 Å². The first-order valence-corrected chi connectivity index (χ1v) is 7.31. The molecule has 100 valence electrons. The summed E-state index contributed by atoms with van der Waals surface area (Å²) in [4.78, 5) is 8.79. The van der Waals surface area contributed by atoms with Crippen LogP contribution in [0.5, 0.6) is 0 Å². The molecule has 5 heteroatoms. The van der Waals surface area contributed by atoms with E-state index in [0.29, 0.717) is 17.9 Å². The van der Waals surface area contributed by atoms with Crippen molar-refractivity contribution in [2.45, 2.75) is 36.6 Å². The second-order valence-corrected chi connectivity index (χ2v) is 6.08. The predicted octanol–water partition coefficient (Wildman–Crippen LogP) is 3.25. The van der Waals surface area contributed by atoms with Crippen LogP contribution in [0.4, 0.5) is 4.39 Å². The lowest BCUT2D eigenvalue weighted by molar-refractivity contribution is 0.160. The number of aryl methyl sites for hydroxylation is 1. The summed E-state index contributed by atoms with van der Waals surface area (Å²) in [6, 6.07) is 0. The molecule has 0 aromatic carbocycles. The zero-order valence-electron chi connectivity index (χ0n) is 10.3. The standard InChI is InChI=1S/C14H14BrFN2O/c15-11-5-4-9-7-17-14(18-12(9)13(11)19)8-2-1-3-10(16)6-8/h3,6-7,11,13,19H,1-2,4-5H2. The molecule has 0 bridgehead atoms. The number of aliphatic hydroxyl groups is 1. The molecule has 1 aromatic heterocycles. The third kappa shape index (κ3) is 2.49. The lowest BCUT2D eigenvalue weighted by Crippen LogP contribution is -2.22. The molecule has 0 spiro atoms. The van der Waals surface area contributed by atoms with Gasteiger partial charge in [0.15, 0.2) is 5.82 Å². The lowest BCUT2D eigenvalue weighted by atomic mass is 9.94. The van der Waals surface area contributed by atoms with Crippen LogP contribution in [0.1, 0.15) is 42.4 Å². The number of allylic oxidation sites excluding steroid dienone is 4. The van der Waals surface area contributed by atoms with Gasteiger partial charge in [-0.25, -0.2) is 14.4 Å². The highest BCUT2D eigenvalue weighted by Gasteiger charge is 2.28. The van der Waals surface area contributed by atoms with Gasteiger partial charge < -0.3 is 5.11 Å². The molecule has 1 heterocycles. The molecule has 3 rings (SSSR count). The largest absolute Gasteiger partial charge is 0.386 e. The Hall–Kier alpha value is -1.07. The van der Waals surface area contributed by atoms with Crippen LogP contribution in [-0.4, -0.2) is 19.9 Å². The second kappa shape index (κ2) is 5.13. The third-order valence-corrected chi connectivity index (χ3v) is 4.52. The summed E-state index contributed by atoms with van der Waals surface area (Å²) in [5.41, 5.74) is 2.46. The van der Waals surface area contributed by atoms with E-state index in [4.69, 9.17) is 0 Å². The first-order chi connectivity index (χ1) is 9.15. The number of hydrogen-bond donors (Lipinski definition) is 1. The van der Waals surface area contributed by atoms with Crippen molar-refractivity contribution in [3.8, 4) is 0 Å². The zero-order valence-corrected chi connectivity index (χ0v) is 11.9. The van der Waals surface area contributed by atoms with Crippen molar-refractivity contribution >= 4 is 21.5 Å². The van der Waals surface area contributed by atoms with E-state index in [1.54, 1.807) is 12.3 Å². The van der Waals surface area contributed by atoms with Crippen molar-refractivity contribution in [1.82, 2.24) is 9.97 Å². The summed E-state index contributed by atoms with van der Waals surface area (Å²) in [6.45, 7) is 0. The van der Waals surface area contributed by atoms with Crippen molar-refractivity contribution in [2.75, 3.05) is 0 Å². The minimum atomic E-state index is -0.616. The number of halogens is 2. The van der Waals surface area contributed by atoms with Gasteiger partial charge in [-0.15, -0.1) is 0 Å². The number of nitrogens with zero attached hydrogens (tertiary/aromatic N) is 2. The molecule has 19 heavy (non-hydrogen) atoms. The van der Waals surface area contributed by atoms with Crippen molar-refractivity contribution in [1.29, 1.82) is 0 Å². The zero-order chi connectivity index (χ0) is 13.4. The number of aromatic nitrogens is 2. The van der Waals surface area contributed by atoms with E-state index in [9.17, 15) is 9.50 Å². The van der Waals surface area contributed by atoms with Gasteiger partial charge in [-0.1, -0.05) is 15.9 Å². The average Bonchev–Trinajstić information content (AvgIpc) is 2.43. The fourth-order valence-corrected chi connectivity index (χ4v) is 2.96. The predicted molar refractivity (Wildman–Crippen MR) is 74.4 cm³/mol. The topological polar surface area (TPSA) is 46.0 Å². The van der Waals surface area contributed by atoms with Gasteiger partial charge in [-0.2, -0.15) is 0 Å². The molecule has 2 aliphatic carbocycles. The molecule has 0 radical (unpaired) electrons. The highest BCUT2D eigenvalue weighted by molar-refractivity contribution is 9.09. The molecule has 2 aliphatic rings. The van der Waals surface area contributed by atoms with Gasteiger partial charge >= 0.3 is 0 Å².